The van der Waals surface area contributed by atoms with Gasteiger partial charge >= 0.3 is 0 Å². The van der Waals surface area contributed by atoms with Gasteiger partial charge in [-0.15, -0.1) is 0 Å². The van der Waals surface area contributed by atoms with Crippen LogP contribution in [0, 0.1) is 0 Å². The monoisotopic (exact) mass is 477 g/mol. The van der Waals surface area contributed by atoms with Crippen LogP contribution in [0.2, 0.25) is 0 Å². The van der Waals surface area contributed by atoms with Gasteiger partial charge in [0.15, 0.2) is 23.3 Å². The van der Waals surface area contributed by atoms with Crippen molar-refractivity contribution >= 4 is 16.9 Å². The van der Waals surface area contributed by atoms with E-state index in [1.54, 1.807) is 39.0 Å². The summed E-state index contributed by atoms with van der Waals surface area (Å²) >= 11 is 0. The summed E-state index contributed by atoms with van der Waals surface area (Å²) in [6.07, 6.45) is 4.17. The molecule has 6 rings (SSSR count). The van der Waals surface area contributed by atoms with E-state index in [-0.39, 0.29) is 6.10 Å². The third-order valence-corrected chi connectivity index (χ3v) is 6.29. The fourth-order valence-corrected chi connectivity index (χ4v) is 4.37. The van der Waals surface area contributed by atoms with E-state index in [9.17, 15) is 4.39 Å². The van der Waals surface area contributed by atoms with Gasteiger partial charge in [-0.1, -0.05) is 0 Å². The van der Waals surface area contributed by atoms with Crippen molar-refractivity contribution in [3.8, 4) is 23.1 Å². The predicted molar refractivity (Wildman–Crippen MR) is 126 cm³/mol. The first-order chi connectivity index (χ1) is 17.1. The molecule has 1 fully saturated rings. The SMILES string of the molecule is COc1ccc(C2COc3cc(Cn4cnc5cc(N6CC(F)C6)cnc54)cc(OC)c3O2)cn1. The molecule has 0 spiro atoms. The van der Waals surface area contributed by atoms with Crippen molar-refractivity contribution in [1.29, 1.82) is 0 Å². The van der Waals surface area contributed by atoms with Gasteiger partial charge in [0.2, 0.25) is 11.6 Å². The van der Waals surface area contributed by atoms with E-state index in [2.05, 4.69) is 15.0 Å². The van der Waals surface area contributed by atoms with Gasteiger partial charge in [-0.3, -0.25) is 0 Å². The molecule has 1 saturated heterocycles. The van der Waals surface area contributed by atoms with E-state index in [1.807, 2.05) is 33.7 Å². The minimum atomic E-state index is -0.767. The Balaban J connectivity index is 1.24. The van der Waals surface area contributed by atoms with Crippen LogP contribution in [0.25, 0.3) is 11.2 Å². The van der Waals surface area contributed by atoms with Crippen LogP contribution in [-0.2, 0) is 6.54 Å². The number of rotatable bonds is 6. The molecule has 5 heterocycles. The molecule has 0 N–H and O–H groups in total. The number of anilines is 1. The molecule has 0 saturated carbocycles. The van der Waals surface area contributed by atoms with Crippen LogP contribution in [0.4, 0.5) is 10.1 Å². The van der Waals surface area contributed by atoms with Crippen molar-refractivity contribution in [2.45, 2.75) is 18.8 Å². The summed E-state index contributed by atoms with van der Waals surface area (Å²) in [6.45, 7) is 1.68. The molecule has 180 valence electrons. The highest BCUT2D eigenvalue weighted by Gasteiger charge is 2.28. The Hall–Kier alpha value is -4.08. The van der Waals surface area contributed by atoms with Gasteiger partial charge in [-0.25, -0.2) is 19.3 Å². The van der Waals surface area contributed by atoms with E-state index in [1.165, 1.54) is 0 Å². The third kappa shape index (κ3) is 3.94. The molecule has 4 aromatic rings. The zero-order chi connectivity index (χ0) is 23.9. The normalized spacial score (nSPS) is 17.3. The maximum Gasteiger partial charge on any atom is 0.212 e. The zero-order valence-electron chi connectivity index (χ0n) is 19.3. The second-order valence-electron chi connectivity index (χ2n) is 8.59. The molecule has 2 aliphatic heterocycles. The van der Waals surface area contributed by atoms with Crippen molar-refractivity contribution < 1.29 is 23.3 Å². The maximum absolute atomic E-state index is 13.2. The lowest BCUT2D eigenvalue weighted by Gasteiger charge is -2.36. The first kappa shape index (κ1) is 21.5. The molecule has 1 atom stereocenters. The van der Waals surface area contributed by atoms with Crippen molar-refractivity contribution in [3.05, 3.63) is 60.2 Å². The summed E-state index contributed by atoms with van der Waals surface area (Å²) in [7, 11) is 3.19. The molecule has 9 nitrogen and oxygen atoms in total. The van der Waals surface area contributed by atoms with Crippen LogP contribution < -0.4 is 23.8 Å². The molecule has 10 heteroatoms. The minimum Gasteiger partial charge on any atom is -0.493 e. The van der Waals surface area contributed by atoms with Crippen molar-refractivity contribution in [2.24, 2.45) is 0 Å². The molecule has 2 aliphatic rings. The zero-order valence-corrected chi connectivity index (χ0v) is 19.3. The number of ether oxygens (including phenoxy) is 4. The number of hydrogen-bond acceptors (Lipinski definition) is 8. The summed E-state index contributed by atoms with van der Waals surface area (Å²) in [5.74, 6) is 2.30. The molecule has 35 heavy (non-hydrogen) atoms. The summed E-state index contributed by atoms with van der Waals surface area (Å²) in [4.78, 5) is 15.3. The Kier molecular flexibility index (Phi) is 5.28. The number of benzene rings is 1. The molecule has 3 aromatic heterocycles. The number of aromatic nitrogens is 4. The molecule has 0 bridgehead atoms. The van der Waals surface area contributed by atoms with Gasteiger partial charge < -0.3 is 28.4 Å². The van der Waals surface area contributed by atoms with E-state index in [4.69, 9.17) is 18.9 Å². The quantitative estimate of drug-likeness (QED) is 0.417. The van der Waals surface area contributed by atoms with Crippen LogP contribution in [0.5, 0.6) is 23.1 Å². The molecular weight excluding hydrogens is 453 g/mol. The van der Waals surface area contributed by atoms with E-state index < -0.39 is 6.17 Å². The van der Waals surface area contributed by atoms with Crippen LogP contribution in [0.1, 0.15) is 17.2 Å². The van der Waals surface area contributed by atoms with Crippen LogP contribution in [0.15, 0.2) is 49.1 Å². The van der Waals surface area contributed by atoms with E-state index >= 15 is 0 Å². The highest BCUT2D eigenvalue weighted by Crippen LogP contribution is 2.44. The summed E-state index contributed by atoms with van der Waals surface area (Å²) in [6, 6.07) is 9.53. The van der Waals surface area contributed by atoms with Crippen LogP contribution in [0.3, 0.4) is 0 Å². The highest BCUT2D eigenvalue weighted by molar-refractivity contribution is 5.75. The molecule has 0 radical (unpaired) electrons. The van der Waals surface area contributed by atoms with E-state index in [0.29, 0.717) is 49.4 Å². The first-order valence-corrected chi connectivity index (χ1v) is 11.3. The number of alkyl halides is 1. The Labute approximate surface area is 201 Å². The Morgan fingerprint density at radius 2 is 1.94 bits per heavy atom. The van der Waals surface area contributed by atoms with Crippen LogP contribution in [-0.4, -0.2) is 59.6 Å². The number of methoxy groups -OCH3 is 2. The van der Waals surface area contributed by atoms with Crippen molar-refractivity contribution in [1.82, 2.24) is 19.5 Å². The molecule has 1 aromatic carbocycles. The standard InChI is InChI=1S/C25H24FN5O4/c1-32-20-5-15(6-21-24(20)35-22(13-34-21)16-3-4-23(33-2)27-8-16)10-31-14-29-19-7-18(9-28-25(19)31)30-11-17(26)12-30/h3-9,14,17,22H,10-13H2,1-2H3. The highest BCUT2D eigenvalue weighted by atomic mass is 19.1. The molecular formula is C25H24FN5O4. The number of hydrogen-bond donors (Lipinski definition) is 0. The van der Waals surface area contributed by atoms with Crippen LogP contribution >= 0.6 is 0 Å². The first-order valence-electron chi connectivity index (χ1n) is 11.3. The maximum atomic E-state index is 13.2. The smallest absolute Gasteiger partial charge is 0.212 e. The predicted octanol–water partition coefficient (Wildman–Crippen LogP) is 3.56. The lowest BCUT2D eigenvalue weighted by molar-refractivity contribution is 0.0867. The number of imidazole rings is 1. The average Bonchev–Trinajstić information content (AvgIpc) is 3.27. The molecule has 0 aliphatic carbocycles. The second kappa shape index (κ2) is 8.61. The summed E-state index contributed by atoms with van der Waals surface area (Å²) in [5.41, 5.74) is 4.26. The molecule has 0 amide bonds. The largest absolute Gasteiger partial charge is 0.493 e. The third-order valence-electron chi connectivity index (χ3n) is 6.29. The average molecular weight is 477 g/mol. The van der Waals surface area contributed by atoms with Gasteiger partial charge in [-0.05, 0) is 29.8 Å². The van der Waals surface area contributed by atoms with Gasteiger partial charge in [0, 0.05) is 17.8 Å². The lowest BCUT2D eigenvalue weighted by atomic mass is 10.1. The fourth-order valence-electron chi connectivity index (χ4n) is 4.37. The van der Waals surface area contributed by atoms with Gasteiger partial charge in [0.1, 0.15) is 18.3 Å². The van der Waals surface area contributed by atoms with Gasteiger partial charge in [-0.2, -0.15) is 0 Å². The minimum absolute atomic E-state index is 0.310. The number of fused-ring (bicyclic) bond motifs is 2. The Morgan fingerprint density at radius 3 is 2.69 bits per heavy atom. The lowest BCUT2D eigenvalue weighted by Crippen LogP contribution is -2.48. The molecule has 1 unspecified atom stereocenters. The fraction of sp³-hybridized carbons (Fsp3) is 0.320. The van der Waals surface area contributed by atoms with E-state index in [0.717, 1.165) is 28.0 Å². The number of nitrogens with zero attached hydrogens (tertiary/aromatic N) is 5. The Bertz CT molecular complexity index is 1350. The van der Waals surface area contributed by atoms with Gasteiger partial charge in [0.05, 0.1) is 52.1 Å². The van der Waals surface area contributed by atoms with Crippen molar-refractivity contribution in [2.75, 3.05) is 38.8 Å². The van der Waals surface area contributed by atoms with Gasteiger partial charge in [0.25, 0.3) is 0 Å². The Morgan fingerprint density at radius 1 is 1.06 bits per heavy atom. The number of pyridine rings is 2. The second-order valence-corrected chi connectivity index (χ2v) is 8.59. The summed E-state index contributed by atoms with van der Waals surface area (Å²) < 4.78 is 38.2. The van der Waals surface area contributed by atoms with Crippen molar-refractivity contribution in [3.63, 3.8) is 0 Å². The number of halogens is 1. The summed E-state index contributed by atoms with van der Waals surface area (Å²) in [5, 5.41) is 0. The topological polar surface area (TPSA) is 83.8 Å².